The minimum absolute atomic E-state index is 0.786. The fraction of sp³-hybridized carbons (Fsp3) is 0.333. The Hall–Kier alpha value is -1.44. The maximum atomic E-state index is 5.62. The molecule has 14 heavy (non-hydrogen) atoms. The summed E-state index contributed by atoms with van der Waals surface area (Å²) in [5, 5.41) is 0. The van der Waals surface area contributed by atoms with Gasteiger partial charge in [-0.1, -0.05) is 30.3 Å². The molecule has 0 saturated heterocycles. The van der Waals surface area contributed by atoms with E-state index in [0.29, 0.717) is 0 Å². The van der Waals surface area contributed by atoms with Gasteiger partial charge in [0.2, 0.25) is 0 Å². The van der Waals surface area contributed by atoms with E-state index in [0.717, 1.165) is 31.0 Å². The molecule has 0 aliphatic carbocycles. The third-order valence-corrected chi connectivity index (χ3v) is 2.40. The van der Waals surface area contributed by atoms with Crippen LogP contribution in [0, 0.1) is 0 Å². The molecule has 0 spiro atoms. The van der Waals surface area contributed by atoms with E-state index in [2.05, 4.69) is 30.2 Å². The lowest BCUT2D eigenvalue weighted by Gasteiger charge is -2.25. The van der Waals surface area contributed by atoms with Crippen LogP contribution in [0.4, 0.5) is 0 Å². The molecule has 0 radical (unpaired) electrons. The lowest BCUT2D eigenvalue weighted by molar-refractivity contribution is 0.199. The summed E-state index contributed by atoms with van der Waals surface area (Å²) in [6.45, 7) is 4.98. The molecule has 0 fully saturated rings. The van der Waals surface area contributed by atoms with Crippen LogP contribution in [0.25, 0.3) is 5.76 Å². The minimum Gasteiger partial charge on any atom is -0.490 e. The Bertz CT molecular complexity index is 318. The quantitative estimate of drug-likeness (QED) is 0.708. The summed E-state index contributed by atoms with van der Waals surface area (Å²) in [5.74, 6) is 0.985. The van der Waals surface area contributed by atoms with Crippen molar-refractivity contribution in [1.29, 1.82) is 0 Å². The molecule has 0 bridgehead atoms. The number of benzene rings is 1. The first kappa shape index (κ1) is 9.13. The predicted molar refractivity (Wildman–Crippen MR) is 57.6 cm³/mol. The van der Waals surface area contributed by atoms with Crippen molar-refractivity contribution in [1.82, 2.24) is 4.90 Å². The van der Waals surface area contributed by atoms with E-state index in [1.807, 2.05) is 18.2 Å². The van der Waals surface area contributed by atoms with Crippen LogP contribution in [0.5, 0.6) is 0 Å². The van der Waals surface area contributed by atoms with E-state index in [-0.39, 0.29) is 0 Å². The normalized spacial score (nSPS) is 16.1. The van der Waals surface area contributed by atoms with Crippen LogP contribution in [0.15, 0.2) is 36.5 Å². The fourth-order valence-corrected chi connectivity index (χ4v) is 1.55. The molecule has 0 unspecified atom stereocenters. The van der Waals surface area contributed by atoms with Crippen LogP contribution in [0.3, 0.4) is 0 Å². The molecule has 0 atom stereocenters. The smallest absolute Gasteiger partial charge is 0.142 e. The maximum Gasteiger partial charge on any atom is 0.142 e. The van der Waals surface area contributed by atoms with Crippen LogP contribution in [0.1, 0.15) is 12.5 Å². The van der Waals surface area contributed by atoms with Gasteiger partial charge in [0.1, 0.15) is 12.4 Å². The molecule has 0 amide bonds. The molecular formula is C12H15NO. The van der Waals surface area contributed by atoms with Gasteiger partial charge in [-0.15, -0.1) is 0 Å². The Balaban J connectivity index is 2.22. The van der Waals surface area contributed by atoms with Gasteiger partial charge < -0.3 is 9.64 Å². The van der Waals surface area contributed by atoms with Crippen molar-refractivity contribution in [2.45, 2.75) is 6.92 Å². The van der Waals surface area contributed by atoms with Crippen molar-refractivity contribution in [2.24, 2.45) is 0 Å². The van der Waals surface area contributed by atoms with Crippen molar-refractivity contribution in [3.63, 3.8) is 0 Å². The summed E-state index contributed by atoms with van der Waals surface area (Å²) in [5.41, 5.74) is 1.16. The van der Waals surface area contributed by atoms with E-state index < -0.39 is 0 Å². The third kappa shape index (κ3) is 1.90. The molecule has 0 aromatic heterocycles. The highest BCUT2D eigenvalue weighted by Crippen LogP contribution is 2.19. The first-order chi connectivity index (χ1) is 6.90. The number of rotatable bonds is 2. The Kier molecular flexibility index (Phi) is 2.73. The first-order valence-corrected chi connectivity index (χ1v) is 5.04. The summed E-state index contributed by atoms with van der Waals surface area (Å²) < 4.78 is 5.62. The van der Waals surface area contributed by atoms with Crippen molar-refractivity contribution >= 4 is 5.76 Å². The van der Waals surface area contributed by atoms with E-state index in [1.54, 1.807) is 0 Å². The second kappa shape index (κ2) is 4.18. The second-order valence-corrected chi connectivity index (χ2v) is 3.34. The predicted octanol–water partition coefficient (Wildman–Crippen LogP) is 2.34. The number of hydrogen-bond acceptors (Lipinski definition) is 2. The average Bonchev–Trinajstić information content (AvgIpc) is 2.30. The largest absolute Gasteiger partial charge is 0.490 e. The Morgan fingerprint density at radius 2 is 2.07 bits per heavy atom. The number of likely N-dealkylation sites (N-methyl/N-ethyl adjacent to an activating group) is 1. The van der Waals surface area contributed by atoms with E-state index in [4.69, 9.17) is 4.74 Å². The van der Waals surface area contributed by atoms with Crippen molar-refractivity contribution < 1.29 is 4.74 Å². The molecule has 1 aromatic rings. The zero-order valence-electron chi connectivity index (χ0n) is 8.44. The van der Waals surface area contributed by atoms with Gasteiger partial charge in [0.15, 0.2) is 0 Å². The molecular weight excluding hydrogens is 174 g/mol. The summed E-state index contributed by atoms with van der Waals surface area (Å²) >= 11 is 0. The molecule has 1 aliphatic heterocycles. The Morgan fingerprint density at radius 1 is 1.29 bits per heavy atom. The highest BCUT2D eigenvalue weighted by atomic mass is 16.5. The highest BCUT2D eigenvalue weighted by Gasteiger charge is 2.10. The lowest BCUT2D eigenvalue weighted by Crippen LogP contribution is -2.26. The van der Waals surface area contributed by atoms with Gasteiger partial charge >= 0.3 is 0 Å². The van der Waals surface area contributed by atoms with Crippen LogP contribution in [-0.4, -0.2) is 24.6 Å². The zero-order chi connectivity index (χ0) is 9.80. The van der Waals surface area contributed by atoms with E-state index in [9.17, 15) is 0 Å². The maximum absolute atomic E-state index is 5.62. The monoisotopic (exact) mass is 189 g/mol. The van der Waals surface area contributed by atoms with Crippen LogP contribution in [-0.2, 0) is 4.74 Å². The van der Waals surface area contributed by atoms with Gasteiger partial charge in [-0.2, -0.15) is 0 Å². The third-order valence-electron chi connectivity index (χ3n) is 2.40. The molecule has 0 saturated carbocycles. The highest BCUT2D eigenvalue weighted by molar-refractivity contribution is 5.59. The van der Waals surface area contributed by atoms with Gasteiger partial charge in [-0.3, -0.25) is 0 Å². The summed E-state index contributed by atoms with van der Waals surface area (Å²) in [7, 11) is 0. The molecule has 74 valence electrons. The zero-order valence-corrected chi connectivity index (χ0v) is 8.44. The number of nitrogens with zero attached hydrogens (tertiary/aromatic N) is 1. The van der Waals surface area contributed by atoms with Crippen LogP contribution >= 0.6 is 0 Å². The Morgan fingerprint density at radius 3 is 2.79 bits per heavy atom. The van der Waals surface area contributed by atoms with Gasteiger partial charge in [0.25, 0.3) is 0 Å². The van der Waals surface area contributed by atoms with E-state index in [1.165, 1.54) is 0 Å². The fourth-order valence-electron chi connectivity index (χ4n) is 1.55. The summed E-state index contributed by atoms with van der Waals surface area (Å²) in [6, 6.07) is 10.2. The molecule has 0 N–H and O–H groups in total. The van der Waals surface area contributed by atoms with Crippen molar-refractivity contribution in [3.05, 3.63) is 42.1 Å². The SMILES string of the molecule is CCN1C=C(c2ccccc2)OCC1. The van der Waals surface area contributed by atoms with Crippen molar-refractivity contribution in [2.75, 3.05) is 19.7 Å². The lowest BCUT2D eigenvalue weighted by atomic mass is 10.2. The van der Waals surface area contributed by atoms with Gasteiger partial charge in [0.05, 0.1) is 6.54 Å². The second-order valence-electron chi connectivity index (χ2n) is 3.34. The van der Waals surface area contributed by atoms with E-state index >= 15 is 0 Å². The molecule has 2 rings (SSSR count). The summed E-state index contributed by atoms with van der Waals surface area (Å²) in [4.78, 5) is 2.27. The first-order valence-electron chi connectivity index (χ1n) is 5.04. The molecule has 1 aliphatic rings. The van der Waals surface area contributed by atoms with Gasteiger partial charge in [0, 0.05) is 18.3 Å². The summed E-state index contributed by atoms with van der Waals surface area (Å²) in [6.07, 6.45) is 2.10. The molecule has 2 heteroatoms. The molecule has 1 aromatic carbocycles. The number of hydrogen-bond donors (Lipinski definition) is 0. The number of ether oxygens (including phenoxy) is 1. The van der Waals surface area contributed by atoms with Crippen LogP contribution < -0.4 is 0 Å². The molecule has 1 heterocycles. The minimum atomic E-state index is 0.786. The van der Waals surface area contributed by atoms with Gasteiger partial charge in [-0.05, 0) is 6.92 Å². The molecule has 2 nitrogen and oxygen atoms in total. The average molecular weight is 189 g/mol. The van der Waals surface area contributed by atoms with Gasteiger partial charge in [-0.25, -0.2) is 0 Å². The van der Waals surface area contributed by atoms with Crippen LogP contribution in [0.2, 0.25) is 0 Å². The van der Waals surface area contributed by atoms with Crippen molar-refractivity contribution in [3.8, 4) is 0 Å². The Labute approximate surface area is 84.8 Å². The topological polar surface area (TPSA) is 12.5 Å². The standard InChI is InChI=1S/C12H15NO/c1-2-13-8-9-14-12(10-13)11-6-4-3-5-7-11/h3-7,10H,2,8-9H2,1H3.